The van der Waals surface area contributed by atoms with Crippen molar-refractivity contribution in [1.82, 2.24) is 9.97 Å². The molecule has 3 aromatic rings. The normalized spacial score (nSPS) is 14.5. The van der Waals surface area contributed by atoms with Gasteiger partial charge in [0.2, 0.25) is 5.91 Å². The van der Waals surface area contributed by atoms with Gasteiger partial charge in [-0.3, -0.25) is 9.78 Å². The highest BCUT2D eigenvalue weighted by molar-refractivity contribution is 6.01. The Kier molecular flexibility index (Phi) is 4.49. The Morgan fingerprint density at radius 1 is 1.11 bits per heavy atom. The number of carbonyl (C=O) groups excluding carboxylic acids is 1. The number of nitrogens with zero attached hydrogens (tertiary/aromatic N) is 3. The maximum Gasteiger partial charge on any atom is 0.249 e. The highest BCUT2D eigenvalue weighted by Gasteiger charge is 2.16. The van der Waals surface area contributed by atoms with Gasteiger partial charge in [0.05, 0.1) is 30.4 Å². The van der Waals surface area contributed by atoms with Gasteiger partial charge in [0.1, 0.15) is 5.82 Å². The molecule has 2 heterocycles. The lowest BCUT2D eigenvalue weighted by Crippen LogP contribution is -2.36. The summed E-state index contributed by atoms with van der Waals surface area (Å²) in [7, 11) is 0. The third-order valence-corrected chi connectivity index (χ3v) is 5.15. The zero-order valence-corrected chi connectivity index (χ0v) is 15.5. The summed E-state index contributed by atoms with van der Waals surface area (Å²) in [5.41, 5.74) is 11.7. The van der Waals surface area contributed by atoms with E-state index in [0.717, 1.165) is 52.2 Å². The number of ether oxygens (including phenoxy) is 1. The van der Waals surface area contributed by atoms with Crippen molar-refractivity contribution in [2.24, 2.45) is 5.73 Å². The molecule has 0 bridgehead atoms. The second-order valence-corrected chi connectivity index (χ2v) is 6.83. The van der Waals surface area contributed by atoms with Crippen molar-refractivity contribution in [3.05, 3.63) is 53.2 Å². The van der Waals surface area contributed by atoms with Crippen molar-refractivity contribution in [1.29, 1.82) is 0 Å². The molecule has 1 fully saturated rings. The standard InChI is InChI=1S/C21H22N4O2/c1-13-3-5-16(21(22)26)20(14(13)2)15-4-6-17-18(11-15)24-19(12-23-17)25-7-9-27-10-8-25/h3-6,11-12H,7-10H2,1-2H3,(H2,22,26). The molecule has 2 aromatic carbocycles. The molecule has 0 unspecified atom stereocenters. The first-order valence-corrected chi connectivity index (χ1v) is 9.04. The number of rotatable bonds is 3. The average Bonchev–Trinajstić information content (AvgIpc) is 2.69. The monoisotopic (exact) mass is 362 g/mol. The number of anilines is 1. The lowest BCUT2D eigenvalue weighted by atomic mass is 9.91. The predicted octanol–water partition coefficient (Wildman–Crippen LogP) is 2.85. The molecule has 0 radical (unpaired) electrons. The number of carbonyl (C=O) groups is 1. The summed E-state index contributed by atoms with van der Waals surface area (Å²) in [5, 5.41) is 0. The van der Waals surface area contributed by atoms with E-state index in [1.807, 2.05) is 38.1 Å². The summed E-state index contributed by atoms with van der Waals surface area (Å²) < 4.78 is 5.41. The van der Waals surface area contributed by atoms with Crippen molar-refractivity contribution in [2.75, 3.05) is 31.2 Å². The van der Waals surface area contributed by atoms with Crippen LogP contribution < -0.4 is 10.6 Å². The van der Waals surface area contributed by atoms with Gasteiger partial charge < -0.3 is 15.4 Å². The van der Waals surface area contributed by atoms with Crippen LogP contribution in [0, 0.1) is 13.8 Å². The largest absolute Gasteiger partial charge is 0.378 e. The van der Waals surface area contributed by atoms with E-state index in [-0.39, 0.29) is 0 Å². The molecule has 4 rings (SSSR count). The van der Waals surface area contributed by atoms with Gasteiger partial charge in [-0.25, -0.2) is 4.98 Å². The smallest absolute Gasteiger partial charge is 0.249 e. The molecule has 1 aliphatic heterocycles. The van der Waals surface area contributed by atoms with E-state index in [1.165, 1.54) is 0 Å². The number of fused-ring (bicyclic) bond motifs is 1. The Morgan fingerprint density at radius 2 is 1.89 bits per heavy atom. The predicted molar refractivity (Wildman–Crippen MR) is 106 cm³/mol. The van der Waals surface area contributed by atoms with Gasteiger partial charge in [0.25, 0.3) is 0 Å². The van der Waals surface area contributed by atoms with Crippen LogP contribution in [-0.2, 0) is 4.74 Å². The Balaban J connectivity index is 1.84. The molecule has 138 valence electrons. The number of hydrogen-bond acceptors (Lipinski definition) is 5. The Bertz CT molecular complexity index is 1030. The highest BCUT2D eigenvalue weighted by Crippen LogP contribution is 2.31. The number of amides is 1. The topological polar surface area (TPSA) is 81.3 Å². The first-order chi connectivity index (χ1) is 13.0. The fraction of sp³-hybridized carbons (Fsp3) is 0.286. The number of nitrogens with two attached hydrogens (primary N) is 1. The van der Waals surface area contributed by atoms with Crippen molar-refractivity contribution in [3.8, 4) is 11.1 Å². The number of hydrogen-bond donors (Lipinski definition) is 1. The molecule has 27 heavy (non-hydrogen) atoms. The van der Waals surface area contributed by atoms with E-state index >= 15 is 0 Å². The first-order valence-electron chi connectivity index (χ1n) is 9.04. The van der Waals surface area contributed by atoms with Crippen LogP contribution in [-0.4, -0.2) is 42.2 Å². The maximum absolute atomic E-state index is 12.0. The SMILES string of the molecule is Cc1ccc(C(N)=O)c(-c2ccc3ncc(N4CCOCC4)nc3c2)c1C. The fourth-order valence-corrected chi connectivity index (χ4v) is 3.50. The Hall–Kier alpha value is -2.99. The molecule has 0 atom stereocenters. The molecule has 2 N–H and O–H groups in total. The summed E-state index contributed by atoms with van der Waals surface area (Å²) in [6.45, 7) is 7.05. The molecule has 1 aromatic heterocycles. The van der Waals surface area contributed by atoms with Gasteiger partial charge in [-0.15, -0.1) is 0 Å². The van der Waals surface area contributed by atoms with Crippen LogP contribution in [0.5, 0.6) is 0 Å². The van der Waals surface area contributed by atoms with Crippen LogP contribution in [0.3, 0.4) is 0 Å². The van der Waals surface area contributed by atoms with Crippen molar-refractivity contribution in [2.45, 2.75) is 13.8 Å². The van der Waals surface area contributed by atoms with Crippen LogP contribution in [0.4, 0.5) is 5.82 Å². The van der Waals surface area contributed by atoms with E-state index in [1.54, 1.807) is 12.3 Å². The average molecular weight is 362 g/mol. The fourth-order valence-electron chi connectivity index (χ4n) is 3.50. The van der Waals surface area contributed by atoms with Gasteiger partial charge >= 0.3 is 0 Å². The van der Waals surface area contributed by atoms with Crippen molar-refractivity contribution >= 4 is 22.8 Å². The van der Waals surface area contributed by atoms with E-state index in [4.69, 9.17) is 15.5 Å². The number of aryl methyl sites for hydroxylation is 1. The maximum atomic E-state index is 12.0. The molecule has 0 aliphatic carbocycles. The summed E-state index contributed by atoms with van der Waals surface area (Å²) >= 11 is 0. The van der Waals surface area contributed by atoms with Crippen LogP contribution >= 0.6 is 0 Å². The van der Waals surface area contributed by atoms with Gasteiger partial charge in [-0.05, 0) is 54.3 Å². The number of aromatic nitrogens is 2. The molecule has 6 nitrogen and oxygen atoms in total. The molecule has 0 spiro atoms. The minimum atomic E-state index is -0.429. The second kappa shape index (κ2) is 6.96. The first kappa shape index (κ1) is 17.4. The Morgan fingerprint density at radius 3 is 2.63 bits per heavy atom. The molecule has 1 aliphatic rings. The molecular formula is C21H22N4O2. The zero-order valence-electron chi connectivity index (χ0n) is 15.5. The van der Waals surface area contributed by atoms with E-state index in [9.17, 15) is 4.79 Å². The van der Waals surface area contributed by atoms with Gasteiger partial charge in [-0.1, -0.05) is 12.1 Å². The second-order valence-electron chi connectivity index (χ2n) is 6.83. The third kappa shape index (κ3) is 3.24. The van der Waals surface area contributed by atoms with E-state index < -0.39 is 5.91 Å². The molecule has 1 saturated heterocycles. The molecular weight excluding hydrogens is 340 g/mol. The van der Waals surface area contributed by atoms with Crippen LogP contribution in [0.1, 0.15) is 21.5 Å². The van der Waals surface area contributed by atoms with Crippen molar-refractivity contribution in [3.63, 3.8) is 0 Å². The summed E-state index contributed by atoms with van der Waals surface area (Å²) in [4.78, 5) is 23.5. The van der Waals surface area contributed by atoms with Gasteiger partial charge in [0, 0.05) is 18.7 Å². The molecule has 1 amide bonds. The summed E-state index contributed by atoms with van der Waals surface area (Å²) in [6, 6.07) is 9.61. The van der Waals surface area contributed by atoms with Crippen LogP contribution in [0.2, 0.25) is 0 Å². The lowest BCUT2D eigenvalue weighted by Gasteiger charge is -2.27. The summed E-state index contributed by atoms with van der Waals surface area (Å²) in [6.07, 6.45) is 1.81. The van der Waals surface area contributed by atoms with Gasteiger partial charge in [-0.2, -0.15) is 0 Å². The quantitative estimate of drug-likeness (QED) is 0.775. The molecule has 6 heteroatoms. The van der Waals surface area contributed by atoms with Gasteiger partial charge in [0.15, 0.2) is 0 Å². The minimum Gasteiger partial charge on any atom is -0.378 e. The number of benzene rings is 2. The zero-order chi connectivity index (χ0) is 19.0. The Labute approximate surface area is 158 Å². The number of primary amides is 1. The van der Waals surface area contributed by atoms with E-state index in [0.29, 0.717) is 18.8 Å². The molecule has 0 saturated carbocycles. The number of morpholine rings is 1. The van der Waals surface area contributed by atoms with Crippen LogP contribution in [0.15, 0.2) is 36.5 Å². The highest BCUT2D eigenvalue weighted by atomic mass is 16.5. The van der Waals surface area contributed by atoms with E-state index in [2.05, 4.69) is 9.88 Å². The minimum absolute atomic E-state index is 0.429. The lowest BCUT2D eigenvalue weighted by molar-refractivity contribution is 0.100. The van der Waals surface area contributed by atoms with Crippen molar-refractivity contribution < 1.29 is 9.53 Å². The summed E-state index contributed by atoms with van der Waals surface area (Å²) in [5.74, 6) is 0.417. The third-order valence-electron chi connectivity index (χ3n) is 5.15. The van der Waals surface area contributed by atoms with Crippen LogP contribution in [0.25, 0.3) is 22.2 Å².